The van der Waals surface area contributed by atoms with E-state index >= 15 is 0 Å². The van der Waals surface area contributed by atoms with Crippen LogP contribution in [0.5, 0.6) is 5.75 Å². The van der Waals surface area contributed by atoms with Crippen LogP contribution in [-0.4, -0.2) is 24.1 Å². The highest BCUT2D eigenvalue weighted by Crippen LogP contribution is 2.28. The molecule has 138 valence electrons. The van der Waals surface area contributed by atoms with E-state index in [4.69, 9.17) is 9.26 Å². The van der Waals surface area contributed by atoms with Crippen LogP contribution in [-0.2, 0) is 16.0 Å². The lowest BCUT2D eigenvalue weighted by molar-refractivity contribution is -0.116. The van der Waals surface area contributed by atoms with Gasteiger partial charge in [0, 0.05) is 24.2 Å². The molecule has 1 aromatic heterocycles. The topological polar surface area (TPSA) is 93.5 Å². The molecule has 0 bridgehead atoms. The van der Waals surface area contributed by atoms with Crippen LogP contribution >= 0.6 is 0 Å². The van der Waals surface area contributed by atoms with Crippen molar-refractivity contribution in [2.24, 2.45) is 0 Å². The van der Waals surface area contributed by atoms with Crippen LogP contribution in [0.1, 0.15) is 12.6 Å². The number of rotatable bonds is 6. The molecule has 0 saturated carbocycles. The van der Waals surface area contributed by atoms with Crippen LogP contribution in [0.2, 0.25) is 0 Å². The highest BCUT2D eigenvalue weighted by Gasteiger charge is 2.13. The number of amides is 2. The van der Waals surface area contributed by atoms with E-state index in [0.717, 1.165) is 5.56 Å². The summed E-state index contributed by atoms with van der Waals surface area (Å²) in [5.74, 6) is 0.612. The van der Waals surface area contributed by atoms with Crippen LogP contribution in [0.3, 0.4) is 0 Å². The molecule has 3 aromatic rings. The van der Waals surface area contributed by atoms with E-state index in [1.165, 1.54) is 14.0 Å². The molecular weight excluding hydrogens is 346 g/mol. The lowest BCUT2D eigenvalue weighted by Gasteiger charge is -2.12. The van der Waals surface area contributed by atoms with Gasteiger partial charge in [-0.3, -0.25) is 9.59 Å². The fourth-order valence-electron chi connectivity index (χ4n) is 2.58. The van der Waals surface area contributed by atoms with Crippen molar-refractivity contribution in [2.45, 2.75) is 13.3 Å². The number of anilines is 2. The molecular formula is C20H19N3O4. The zero-order chi connectivity index (χ0) is 19.2. The zero-order valence-corrected chi connectivity index (χ0v) is 15.0. The first-order valence-corrected chi connectivity index (χ1v) is 8.31. The predicted molar refractivity (Wildman–Crippen MR) is 102 cm³/mol. The quantitative estimate of drug-likeness (QED) is 0.697. The summed E-state index contributed by atoms with van der Waals surface area (Å²) in [6.07, 6.45) is 0.0455. The largest absolute Gasteiger partial charge is 0.495 e. The molecule has 0 radical (unpaired) electrons. The highest BCUT2D eigenvalue weighted by atomic mass is 16.5. The fourth-order valence-corrected chi connectivity index (χ4v) is 2.58. The third-order valence-electron chi connectivity index (χ3n) is 3.75. The van der Waals surface area contributed by atoms with Crippen molar-refractivity contribution in [3.05, 3.63) is 60.3 Å². The molecule has 0 fully saturated rings. The van der Waals surface area contributed by atoms with E-state index in [1.54, 1.807) is 24.3 Å². The number of carbonyl (C=O) groups excluding carboxylic acids is 2. The highest BCUT2D eigenvalue weighted by molar-refractivity contribution is 5.95. The van der Waals surface area contributed by atoms with Crippen LogP contribution < -0.4 is 15.4 Å². The monoisotopic (exact) mass is 365 g/mol. The zero-order valence-electron chi connectivity index (χ0n) is 15.0. The maximum absolute atomic E-state index is 12.4. The second-order valence-electron chi connectivity index (χ2n) is 5.87. The molecule has 7 nitrogen and oxygen atoms in total. The van der Waals surface area contributed by atoms with Gasteiger partial charge in [0.1, 0.15) is 5.75 Å². The van der Waals surface area contributed by atoms with Crippen molar-refractivity contribution in [3.8, 4) is 17.1 Å². The van der Waals surface area contributed by atoms with Crippen LogP contribution in [0.25, 0.3) is 11.3 Å². The van der Waals surface area contributed by atoms with Gasteiger partial charge < -0.3 is 19.9 Å². The number of nitrogens with zero attached hydrogens (tertiary/aromatic N) is 1. The summed E-state index contributed by atoms with van der Waals surface area (Å²) in [4.78, 5) is 23.6. The summed E-state index contributed by atoms with van der Waals surface area (Å²) in [7, 11) is 1.51. The maximum atomic E-state index is 12.4. The van der Waals surface area contributed by atoms with E-state index in [-0.39, 0.29) is 18.2 Å². The Balaban J connectivity index is 1.71. The Morgan fingerprint density at radius 3 is 2.56 bits per heavy atom. The molecule has 0 saturated heterocycles. The molecule has 1 heterocycles. The van der Waals surface area contributed by atoms with E-state index in [0.29, 0.717) is 28.6 Å². The minimum Gasteiger partial charge on any atom is -0.495 e. The van der Waals surface area contributed by atoms with Crippen LogP contribution in [0, 0.1) is 0 Å². The van der Waals surface area contributed by atoms with Gasteiger partial charge >= 0.3 is 0 Å². The van der Waals surface area contributed by atoms with Gasteiger partial charge in [0.25, 0.3) is 0 Å². The molecule has 0 aliphatic carbocycles. The Kier molecular flexibility index (Phi) is 5.51. The van der Waals surface area contributed by atoms with Crippen molar-refractivity contribution in [1.82, 2.24) is 5.16 Å². The molecule has 0 aliphatic rings. The summed E-state index contributed by atoms with van der Waals surface area (Å²) in [5.41, 5.74) is 2.43. The molecule has 0 atom stereocenters. The normalized spacial score (nSPS) is 10.3. The van der Waals surface area contributed by atoms with Crippen LogP contribution in [0.4, 0.5) is 11.4 Å². The Morgan fingerprint density at radius 2 is 1.85 bits per heavy atom. The standard InChI is InChI=1S/C20H19N3O4/c1-13(24)21-15-8-9-18(26-2)17(10-15)22-20(25)12-16-11-19(27-23-16)14-6-4-3-5-7-14/h3-11H,12H2,1-2H3,(H,21,24)(H,22,25). The average Bonchev–Trinajstić information content (AvgIpc) is 3.10. The van der Waals surface area contributed by atoms with Gasteiger partial charge in [0.05, 0.1) is 24.9 Å². The van der Waals surface area contributed by atoms with Gasteiger partial charge in [0.2, 0.25) is 11.8 Å². The van der Waals surface area contributed by atoms with Gasteiger partial charge in [-0.1, -0.05) is 35.5 Å². The van der Waals surface area contributed by atoms with Crippen LogP contribution in [0.15, 0.2) is 59.1 Å². The number of methoxy groups -OCH3 is 1. The van der Waals surface area contributed by atoms with Gasteiger partial charge in [0.15, 0.2) is 5.76 Å². The fraction of sp³-hybridized carbons (Fsp3) is 0.150. The molecule has 0 aliphatic heterocycles. The molecule has 27 heavy (non-hydrogen) atoms. The van der Waals surface area contributed by atoms with E-state index < -0.39 is 0 Å². The first kappa shape index (κ1) is 18.2. The van der Waals surface area contributed by atoms with Crippen molar-refractivity contribution < 1.29 is 18.8 Å². The smallest absolute Gasteiger partial charge is 0.230 e. The number of nitrogens with one attached hydrogen (secondary N) is 2. The lowest BCUT2D eigenvalue weighted by Crippen LogP contribution is -2.15. The Morgan fingerprint density at radius 1 is 1.07 bits per heavy atom. The van der Waals surface area contributed by atoms with Gasteiger partial charge in [-0.25, -0.2) is 0 Å². The number of hydrogen-bond donors (Lipinski definition) is 2. The summed E-state index contributed by atoms with van der Waals surface area (Å²) in [6, 6.07) is 16.3. The molecule has 0 unspecified atom stereocenters. The minimum atomic E-state index is -0.277. The predicted octanol–water partition coefficient (Wildman–Crippen LogP) is 3.49. The second kappa shape index (κ2) is 8.18. The third kappa shape index (κ3) is 4.72. The number of hydrogen-bond acceptors (Lipinski definition) is 5. The Labute approximate surface area is 156 Å². The van der Waals surface area contributed by atoms with Crippen molar-refractivity contribution in [3.63, 3.8) is 0 Å². The number of aromatic nitrogens is 1. The first-order valence-electron chi connectivity index (χ1n) is 8.31. The maximum Gasteiger partial charge on any atom is 0.230 e. The number of carbonyl (C=O) groups is 2. The van der Waals surface area contributed by atoms with E-state index in [1.807, 2.05) is 30.3 Å². The summed E-state index contributed by atoms with van der Waals surface area (Å²) >= 11 is 0. The summed E-state index contributed by atoms with van der Waals surface area (Å²) < 4.78 is 10.6. The number of benzene rings is 2. The minimum absolute atomic E-state index is 0.0455. The van der Waals surface area contributed by atoms with Gasteiger partial charge in [-0.05, 0) is 18.2 Å². The molecule has 2 aromatic carbocycles. The van der Waals surface area contributed by atoms with E-state index in [9.17, 15) is 9.59 Å². The van der Waals surface area contributed by atoms with E-state index in [2.05, 4.69) is 15.8 Å². The Hall–Kier alpha value is -3.61. The molecule has 3 rings (SSSR count). The second-order valence-corrected chi connectivity index (χ2v) is 5.87. The molecule has 2 N–H and O–H groups in total. The number of ether oxygens (including phenoxy) is 1. The Bertz CT molecular complexity index is 951. The SMILES string of the molecule is COc1ccc(NC(C)=O)cc1NC(=O)Cc1cc(-c2ccccc2)on1. The summed E-state index contributed by atoms with van der Waals surface area (Å²) in [6.45, 7) is 1.41. The first-order chi connectivity index (χ1) is 13.0. The van der Waals surface area contributed by atoms with Crippen molar-refractivity contribution in [1.29, 1.82) is 0 Å². The van der Waals surface area contributed by atoms with Gasteiger partial charge in [-0.2, -0.15) is 0 Å². The lowest BCUT2D eigenvalue weighted by atomic mass is 10.1. The molecule has 0 spiro atoms. The summed E-state index contributed by atoms with van der Waals surface area (Å²) in [5, 5.41) is 9.39. The van der Waals surface area contributed by atoms with Gasteiger partial charge in [-0.15, -0.1) is 0 Å². The molecule has 7 heteroatoms. The average molecular weight is 365 g/mol. The third-order valence-corrected chi connectivity index (χ3v) is 3.75. The molecule has 2 amide bonds. The van der Waals surface area contributed by atoms with Crippen molar-refractivity contribution in [2.75, 3.05) is 17.7 Å². The van der Waals surface area contributed by atoms with Crippen molar-refractivity contribution >= 4 is 23.2 Å².